The van der Waals surface area contributed by atoms with Crippen molar-refractivity contribution in [3.63, 3.8) is 0 Å². The lowest BCUT2D eigenvalue weighted by molar-refractivity contribution is 0.278. The summed E-state index contributed by atoms with van der Waals surface area (Å²) >= 11 is 0. The smallest absolute Gasteiger partial charge is 0.131 e. The summed E-state index contributed by atoms with van der Waals surface area (Å²) < 4.78 is 2.07. The molecule has 0 aromatic carbocycles. The number of aryl methyl sites for hydroxylation is 2. The highest BCUT2D eigenvalue weighted by molar-refractivity contribution is 5.50. The maximum absolute atomic E-state index is 4.66. The average Bonchev–Trinajstić information content (AvgIpc) is 2.64. The van der Waals surface area contributed by atoms with E-state index in [0.717, 1.165) is 31.9 Å². The second kappa shape index (κ2) is 6.39. The SMILES string of the molecule is Cc1nn(C)c(N2CCC(C)(C)CC2)c1CNCC(C)C. The molecule has 2 rings (SSSR count). The zero-order chi connectivity index (χ0) is 15.6. The predicted octanol–water partition coefficient (Wildman–Crippen LogP) is 3.10. The Labute approximate surface area is 129 Å². The molecule has 4 heteroatoms. The Hall–Kier alpha value is -1.03. The van der Waals surface area contributed by atoms with Crippen LogP contribution in [0, 0.1) is 18.3 Å². The number of anilines is 1. The molecule has 1 N–H and O–H groups in total. The van der Waals surface area contributed by atoms with Gasteiger partial charge in [-0.3, -0.25) is 4.68 Å². The largest absolute Gasteiger partial charge is 0.357 e. The summed E-state index contributed by atoms with van der Waals surface area (Å²) in [6.45, 7) is 15.6. The van der Waals surface area contributed by atoms with Gasteiger partial charge in [-0.25, -0.2) is 0 Å². The van der Waals surface area contributed by atoms with Crippen LogP contribution in [-0.2, 0) is 13.6 Å². The van der Waals surface area contributed by atoms with E-state index < -0.39 is 0 Å². The third-order valence-corrected chi connectivity index (χ3v) is 4.58. The van der Waals surface area contributed by atoms with Gasteiger partial charge in [0.25, 0.3) is 0 Å². The molecule has 1 aromatic heterocycles. The van der Waals surface area contributed by atoms with Crippen LogP contribution in [0.1, 0.15) is 51.8 Å². The fraction of sp³-hybridized carbons (Fsp3) is 0.824. The van der Waals surface area contributed by atoms with Crippen molar-refractivity contribution in [2.45, 2.75) is 54.0 Å². The Morgan fingerprint density at radius 1 is 1.24 bits per heavy atom. The Morgan fingerprint density at radius 3 is 2.43 bits per heavy atom. The third kappa shape index (κ3) is 4.00. The van der Waals surface area contributed by atoms with Crippen LogP contribution in [0.2, 0.25) is 0 Å². The van der Waals surface area contributed by atoms with E-state index in [-0.39, 0.29) is 0 Å². The number of hydrogen-bond acceptors (Lipinski definition) is 3. The summed E-state index contributed by atoms with van der Waals surface area (Å²) in [4.78, 5) is 2.53. The van der Waals surface area contributed by atoms with Gasteiger partial charge in [0.1, 0.15) is 5.82 Å². The Bertz CT molecular complexity index is 463. The van der Waals surface area contributed by atoms with E-state index in [4.69, 9.17) is 0 Å². The molecular weight excluding hydrogens is 260 g/mol. The van der Waals surface area contributed by atoms with Crippen molar-refractivity contribution in [2.24, 2.45) is 18.4 Å². The first-order valence-corrected chi connectivity index (χ1v) is 8.28. The standard InChI is InChI=1S/C17H32N4/c1-13(2)11-18-12-15-14(3)19-20(6)16(15)21-9-7-17(4,5)8-10-21/h13,18H,7-12H2,1-6H3. The highest BCUT2D eigenvalue weighted by atomic mass is 15.4. The van der Waals surface area contributed by atoms with Crippen LogP contribution in [0.5, 0.6) is 0 Å². The summed E-state index contributed by atoms with van der Waals surface area (Å²) in [5, 5.41) is 8.23. The van der Waals surface area contributed by atoms with Gasteiger partial charge in [-0.05, 0) is 37.6 Å². The average molecular weight is 292 g/mol. The van der Waals surface area contributed by atoms with Crippen molar-refractivity contribution >= 4 is 5.82 Å². The molecule has 0 saturated carbocycles. The van der Waals surface area contributed by atoms with Gasteiger partial charge in [-0.1, -0.05) is 27.7 Å². The van der Waals surface area contributed by atoms with Gasteiger partial charge in [-0.2, -0.15) is 5.10 Å². The number of piperidine rings is 1. The lowest BCUT2D eigenvalue weighted by atomic mass is 9.82. The van der Waals surface area contributed by atoms with Crippen LogP contribution in [0.25, 0.3) is 0 Å². The molecule has 0 aliphatic carbocycles. The van der Waals surface area contributed by atoms with Crippen LogP contribution < -0.4 is 10.2 Å². The molecule has 2 heterocycles. The number of nitrogens with zero attached hydrogens (tertiary/aromatic N) is 3. The zero-order valence-corrected chi connectivity index (χ0v) is 14.7. The molecule has 0 unspecified atom stereocenters. The van der Waals surface area contributed by atoms with E-state index in [1.807, 2.05) is 0 Å². The second-order valence-electron chi connectivity index (χ2n) is 7.69. The van der Waals surface area contributed by atoms with Gasteiger partial charge in [0.15, 0.2) is 0 Å². The number of rotatable bonds is 5. The van der Waals surface area contributed by atoms with E-state index >= 15 is 0 Å². The van der Waals surface area contributed by atoms with Gasteiger partial charge in [0.05, 0.1) is 5.69 Å². The van der Waals surface area contributed by atoms with E-state index in [2.05, 4.69) is 61.7 Å². The fourth-order valence-corrected chi connectivity index (χ4v) is 3.10. The van der Waals surface area contributed by atoms with Crippen LogP contribution in [0.15, 0.2) is 0 Å². The molecule has 0 spiro atoms. The normalized spacial score (nSPS) is 18.5. The number of hydrogen-bond donors (Lipinski definition) is 1. The van der Waals surface area contributed by atoms with Crippen LogP contribution in [0.3, 0.4) is 0 Å². The van der Waals surface area contributed by atoms with Crippen molar-refractivity contribution in [2.75, 3.05) is 24.5 Å². The first-order valence-electron chi connectivity index (χ1n) is 8.28. The minimum absolute atomic E-state index is 0.486. The van der Waals surface area contributed by atoms with Gasteiger partial charge in [-0.15, -0.1) is 0 Å². The first-order chi connectivity index (χ1) is 9.80. The fourth-order valence-electron chi connectivity index (χ4n) is 3.10. The van der Waals surface area contributed by atoms with E-state index in [9.17, 15) is 0 Å². The quantitative estimate of drug-likeness (QED) is 0.905. The maximum atomic E-state index is 4.66. The number of aromatic nitrogens is 2. The third-order valence-electron chi connectivity index (χ3n) is 4.58. The van der Waals surface area contributed by atoms with E-state index in [1.54, 1.807) is 0 Å². The number of nitrogens with one attached hydrogen (secondary N) is 1. The van der Waals surface area contributed by atoms with E-state index in [0.29, 0.717) is 11.3 Å². The minimum Gasteiger partial charge on any atom is -0.357 e. The zero-order valence-electron chi connectivity index (χ0n) is 14.7. The molecule has 1 aromatic rings. The van der Waals surface area contributed by atoms with Gasteiger partial charge in [0, 0.05) is 32.2 Å². The van der Waals surface area contributed by atoms with Crippen molar-refractivity contribution in [3.05, 3.63) is 11.3 Å². The van der Waals surface area contributed by atoms with E-state index in [1.165, 1.54) is 24.2 Å². The molecule has 1 aliphatic heterocycles. The summed E-state index contributed by atoms with van der Waals surface area (Å²) in [6, 6.07) is 0. The van der Waals surface area contributed by atoms with Crippen LogP contribution in [-0.4, -0.2) is 29.4 Å². The summed E-state index contributed by atoms with van der Waals surface area (Å²) in [7, 11) is 2.08. The highest BCUT2D eigenvalue weighted by Gasteiger charge is 2.28. The minimum atomic E-state index is 0.486. The van der Waals surface area contributed by atoms with Crippen molar-refractivity contribution in [3.8, 4) is 0 Å². The molecular formula is C17H32N4. The molecule has 21 heavy (non-hydrogen) atoms. The molecule has 1 saturated heterocycles. The predicted molar refractivity (Wildman–Crippen MR) is 89.7 cm³/mol. The van der Waals surface area contributed by atoms with Crippen molar-refractivity contribution < 1.29 is 0 Å². The molecule has 1 aliphatic rings. The van der Waals surface area contributed by atoms with Gasteiger partial charge < -0.3 is 10.2 Å². The summed E-state index contributed by atoms with van der Waals surface area (Å²) in [5.74, 6) is 2.00. The Kier molecular flexibility index (Phi) is 4.97. The lowest BCUT2D eigenvalue weighted by Gasteiger charge is -2.38. The highest BCUT2D eigenvalue weighted by Crippen LogP contribution is 2.33. The Morgan fingerprint density at radius 2 is 1.86 bits per heavy atom. The van der Waals surface area contributed by atoms with Gasteiger partial charge >= 0.3 is 0 Å². The lowest BCUT2D eigenvalue weighted by Crippen LogP contribution is -2.39. The monoisotopic (exact) mass is 292 g/mol. The maximum Gasteiger partial charge on any atom is 0.131 e. The molecule has 0 atom stereocenters. The summed E-state index contributed by atoms with van der Waals surface area (Å²) in [6.07, 6.45) is 2.52. The van der Waals surface area contributed by atoms with Crippen LogP contribution >= 0.6 is 0 Å². The molecule has 0 amide bonds. The molecule has 4 nitrogen and oxygen atoms in total. The Balaban J connectivity index is 2.11. The molecule has 120 valence electrons. The first kappa shape index (κ1) is 16.3. The van der Waals surface area contributed by atoms with Gasteiger partial charge in [0.2, 0.25) is 0 Å². The summed E-state index contributed by atoms with van der Waals surface area (Å²) in [5.41, 5.74) is 3.02. The molecule has 1 fully saturated rings. The van der Waals surface area contributed by atoms with Crippen molar-refractivity contribution in [1.29, 1.82) is 0 Å². The van der Waals surface area contributed by atoms with Crippen LogP contribution in [0.4, 0.5) is 5.82 Å². The molecule has 0 radical (unpaired) electrons. The van der Waals surface area contributed by atoms with Crippen molar-refractivity contribution in [1.82, 2.24) is 15.1 Å². The molecule has 0 bridgehead atoms. The topological polar surface area (TPSA) is 33.1 Å². The second-order valence-corrected chi connectivity index (χ2v) is 7.69.